The lowest BCUT2D eigenvalue weighted by Crippen LogP contribution is -2.38. The summed E-state index contributed by atoms with van der Waals surface area (Å²) in [4.78, 5) is 11.5. The summed E-state index contributed by atoms with van der Waals surface area (Å²) in [5.74, 6) is -0.546. The Morgan fingerprint density at radius 2 is 2.16 bits per heavy atom. The number of sulfonamides is 1. The second-order valence-electron chi connectivity index (χ2n) is 5.45. The van der Waals surface area contributed by atoms with Gasteiger partial charge in [-0.1, -0.05) is 24.3 Å². The molecule has 1 aliphatic rings. The fourth-order valence-corrected chi connectivity index (χ4v) is 4.96. The average molecular weight is 403 g/mol. The number of rotatable bonds is 5. The number of hydrogen-bond acceptors (Lipinski definition) is 6. The highest BCUT2D eigenvalue weighted by Gasteiger charge is 2.24. The molecule has 136 valence electrons. The number of carbonyl (C=O) groups is 1. The molecular weight excluding hydrogens is 384 g/mol. The predicted octanol–water partition coefficient (Wildman–Crippen LogP) is 2.12. The molecule has 1 aliphatic heterocycles. The van der Waals surface area contributed by atoms with Crippen LogP contribution < -0.4 is 10.0 Å². The largest absolute Gasteiger partial charge is 0.465 e. The summed E-state index contributed by atoms with van der Waals surface area (Å²) in [6.45, 7) is 1.07. The maximum Gasteiger partial charge on any atom is 0.338 e. The molecule has 2 N–H and O–H groups in total. The summed E-state index contributed by atoms with van der Waals surface area (Å²) < 4.78 is 32.2. The van der Waals surface area contributed by atoms with E-state index in [4.69, 9.17) is 0 Å². The first-order chi connectivity index (χ1) is 11.5. The fourth-order valence-electron chi connectivity index (χ4n) is 2.72. The van der Waals surface area contributed by atoms with Gasteiger partial charge in [0.1, 0.15) is 4.21 Å². The first kappa shape index (κ1) is 19.9. The summed E-state index contributed by atoms with van der Waals surface area (Å²) in [5.41, 5.74) is 2.60. The molecule has 1 unspecified atom stereocenters. The molecule has 1 atom stereocenters. The van der Waals surface area contributed by atoms with Gasteiger partial charge in [0.2, 0.25) is 10.0 Å². The second kappa shape index (κ2) is 8.29. The van der Waals surface area contributed by atoms with Crippen LogP contribution in [-0.4, -0.2) is 34.6 Å². The van der Waals surface area contributed by atoms with E-state index in [1.54, 1.807) is 0 Å². The van der Waals surface area contributed by atoms with Gasteiger partial charge < -0.3 is 10.1 Å². The quantitative estimate of drug-likeness (QED) is 0.748. The van der Waals surface area contributed by atoms with E-state index in [0.717, 1.165) is 29.9 Å². The van der Waals surface area contributed by atoms with Crippen molar-refractivity contribution >= 4 is 39.7 Å². The second-order valence-corrected chi connectivity index (χ2v) is 8.36. The van der Waals surface area contributed by atoms with E-state index in [2.05, 4.69) is 20.8 Å². The Hall–Kier alpha value is -1.45. The van der Waals surface area contributed by atoms with Crippen molar-refractivity contribution < 1.29 is 17.9 Å². The number of nitrogens with one attached hydrogen (secondary N) is 2. The number of thiophene rings is 1. The summed E-state index contributed by atoms with van der Waals surface area (Å²) in [5, 5.41) is 4.81. The summed E-state index contributed by atoms with van der Waals surface area (Å²) >= 11 is 1.00. The smallest absolute Gasteiger partial charge is 0.338 e. The third kappa shape index (κ3) is 4.39. The Bertz CT molecular complexity index is 851. The first-order valence-electron chi connectivity index (χ1n) is 7.49. The zero-order valence-corrected chi connectivity index (χ0v) is 16.0. The molecule has 9 heteroatoms. The van der Waals surface area contributed by atoms with E-state index in [1.807, 2.05) is 18.2 Å². The average Bonchev–Trinajstić information content (AvgIpc) is 3.10. The Balaban J connectivity index is 0.00000225. The van der Waals surface area contributed by atoms with Crippen LogP contribution in [0.5, 0.6) is 0 Å². The summed E-state index contributed by atoms with van der Waals surface area (Å²) in [7, 11) is -2.40. The van der Waals surface area contributed by atoms with Gasteiger partial charge in [0.25, 0.3) is 0 Å². The zero-order valence-electron chi connectivity index (χ0n) is 13.5. The van der Waals surface area contributed by atoms with Crippen LogP contribution in [0.4, 0.5) is 0 Å². The highest BCUT2D eigenvalue weighted by Crippen LogP contribution is 2.24. The van der Waals surface area contributed by atoms with Gasteiger partial charge in [-0.15, -0.1) is 23.7 Å². The number of hydrogen-bond donors (Lipinski definition) is 2. The molecule has 3 rings (SSSR count). The van der Waals surface area contributed by atoms with Crippen LogP contribution in [-0.2, 0) is 21.2 Å². The van der Waals surface area contributed by atoms with Crippen LogP contribution in [0.3, 0.4) is 0 Å². The van der Waals surface area contributed by atoms with E-state index in [-0.39, 0.29) is 34.8 Å². The van der Waals surface area contributed by atoms with Crippen LogP contribution in [0.1, 0.15) is 27.5 Å². The highest BCUT2D eigenvalue weighted by molar-refractivity contribution is 7.91. The van der Waals surface area contributed by atoms with Crippen LogP contribution in [0.25, 0.3) is 0 Å². The molecule has 0 aliphatic carbocycles. The van der Waals surface area contributed by atoms with E-state index >= 15 is 0 Å². The number of carbonyl (C=O) groups excluding carboxylic acids is 1. The number of esters is 1. The molecule has 1 aromatic heterocycles. The van der Waals surface area contributed by atoms with Crippen LogP contribution in [0.2, 0.25) is 0 Å². The standard InChI is InChI=1S/C16H18N2O4S2.ClH/c1-22-16(19)12-8-15(23-10-12)24(20,21)18-9-14-13-5-3-2-4-11(13)6-7-17-14;/h2-5,8,10,14,17-18H,6-7,9H2,1H3;1H. The van der Waals surface area contributed by atoms with Crippen molar-refractivity contribution in [1.82, 2.24) is 10.0 Å². The first-order valence-corrected chi connectivity index (χ1v) is 9.85. The van der Waals surface area contributed by atoms with Crippen LogP contribution in [0.15, 0.2) is 39.9 Å². The molecule has 6 nitrogen and oxygen atoms in total. The molecule has 0 saturated carbocycles. The number of benzene rings is 1. The molecular formula is C16H19ClN2O4S2. The molecule has 0 fully saturated rings. The number of fused-ring (bicyclic) bond motifs is 1. The van der Waals surface area contributed by atoms with Gasteiger partial charge in [-0.2, -0.15) is 0 Å². The Morgan fingerprint density at radius 3 is 2.92 bits per heavy atom. The SMILES string of the molecule is COC(=O)c1csc(S(=O)(=O)NCC2NCCc3ccccc32)c1.Cl. The Morgan fingerprint density at radius 1 is 1.40 bits per heavy atom. The maximum absolute atomic E-state index is 12.4. The van der Waals surface area contributed by atoms with Gasteiger partial charge in [-0.05, 0) is 30.2 Å². The molecule has 2 heterocycles. The van der Waals surface area contributed by atoms with Crippen molar-refractivity contribution in [3.8, 4) is 0 Å². The van der Waals surface area contributed by atoms with Crippen molar-refractivity contribution in [3.63, 3.8) is 0 Å². The number of methoxy groups -OCH3 is 1. The Kier molecular flexibility index (Phi) is 6.59. The van der Waals surface area contributed by atoms with Crippen molar-refractivity contribution in [1.29, 1.82) is 0 Å². The van der Waals surface area contributed by atoms with E-state index in [0.29, 0.717) is 0 Å². The predicted molar refractivity (Wildman–Crippen MR) is 99.0 cm³/mol. The van der Waals surface area contributed by atoms with Gasteiger partial charge in [-0.3, -0.25) is 0 Å². The number of ether oxygens (including phenoxy) is 1. The lowest BCUT2D eigenvalue weighted by Gasteiger charge is -2.27. The maximum atomic E-state index is 12.4. The topological polar surface area (TPSA) is 84.5 Å². The van der Waals surface area contributed by atoms with Crippen molar-refractivity contribution in [2.75, 3.05) is 20.2 Å². The zero-order chi connectivity index (χ0) is 17.2. The van der Waals surface area contributed by atoms with Crippen LogP contribution in [0, 0.1) is 0 Å². The molecule has 1 aromatic carbocycles. The third-order valence-corrected chi connectivity index (χ3v) is 6.82. The summed E-state index contributed by atoms with van der Waals surface area (Å²) in [6.07, 6.45) is 0.937. The highest BCUT2D eigenvalue weighted by atomic mass is 35.5. The lowest BCUT2D eigenvalue weighted by molar-refractivity contribution is 0.0601. The normalized spacial score (nSPS) is 16.6. The molecule has 2 aromatic rings. The minimum atomic E-state index is -3.66. The molecule has 0 spiro atoms. The molecule has 0 saturated heterocycles. The lowest BCUT2D eigenvalue weighted by atomic mass is 9.95. The molecule has 25 heavy (non-hydrogen) atoms. The van der Waals surface area contributed by atoms with Crippen molar-refractivity contribution in [3.05, 3.63) is 52.4 Å². The van der Waals surface area contributed by atoms with Gasteiger partial charge in [0, 0.05) is 18.0 Å². The van der Waals surface area contributed by atoms with Gasteiger partial charge in [0.05, 0.1) is 12.7 Å². The minimum Gasteiger partial charge on any atom is -0.465 e. The van der Waals surface area contributed by atoms with Gasteiger partial charge >= 0.3 is 5.97 Å². The van der Waals surface area contributed by atoms with E-state index < -0.39 is 16.0 Å². The van der Waals surface area contributed by atoms with Crippen LogP contribution >= 0.6 is 23.7 Å². The monoisotopic (exact) mass is 402 g/mol. The van der Waals surface area contributed by atoms with Gasteiger partial charge in [0.15, 0.2) is 0 Å². The Labute approximate surface area is 157 Å². The molecule has 0 radical (unpaired) electrons. The fraction of sp³-hybridized carbons (Fsp3) is 0.312. The summed E-state index contributed by atoms with van der Waals surface area (Å²) in [6, 6.07) is 9.30. The molecule has 0 bridgehead atoms. The number of halogens is 1. The molecule has 0 amide bonds. The third-order valence-electron chi connectivity index (χ3n) is 3.95. The minimum absolute atomic E-state index is 0. The van der Waals surface area contributed by atoms with E-state index in [1.165, 1.54) is 24.1 Å². The van der Waals surface area contributed by atoms with Crippen molar-refractivity contribution in [2.24, 2.45) is 0 Å². The van der Waals surface area contributed by atoms with E-state index in [9.17, 15) is 13.2 Å². The van der Waals surface area contributed by atoms with Crippen molar-refractivity contribution in [2.45, 2.75) is 16.7 Å². The van der Waals surface area contributed by atoms with Gasteiger partial charge in [-0.25, -0.2) is 17.9 Å².